The molecule has 1 aromatic carbocycles. The van der Waals surface area contributed by atoms with Crippen molar-refractivity contribution in [3.63, 3.8) is 0 Å². The van der Waals surface area contributed by atoms with Crippen LogP contribution < -0.4 is 5.32 Å². The van der Waals surface area contributed by atoms with Crippen LogP contribution in [0.4, 0.5) is 18.9 Å². The van der Waals surface area contributed by atoms with Crippen molar-refractivity contribution in [1.29, 1.82) is 0 Å². The number of amides is 1. The van der Waals surface area contributed by atoms with Crippen molar-refractivity contribution in [2.24, 2.45) is 0 Å². The molecule has 2 N–H and O–H groups in total. The van der Waals surface area contributed by atoms with Crippen molar-refractivity contribution in [3.05, 3.63) is 29.6 Å². The quantitative estimate of drug-likeness (QED) is 0.755. The first-order valence-corrected chi connectivity index (χ1v) is 5.58. The molecule has 1 aromatic rings. The van der Waals surface area contributed by atoms with Crippen LogP contribution in [0.25, 0.3) is 0 Å². The molecule has 0 saturated heterocycles. The third kappa shape index (κ3) is 5.27. The summed E-state index contributed by atoms with van der Waals surface area (Å²) in [6.07, 6.45) is -2.84. The molecule has 0 aromatic heterocycles. The Bertz CT molecular complexity index is 494. The van der Waals surface area contributed by atoms with Gasteiger partial charge >= 0.3 is 5.97 Å². The van der Waals surface area contributed by atoms with E-state index >= 15 is 0 Å². The SMILES string of the molecule is O=C(CCOCC(F)F)Nc1ccc(F)cc1C(=O)O. The number of carboxylic acids is 1. The van der Waals surface area contributed by atoms with Gasteiger partial charge in [0.15, 0.2) is 0 Å². The van der Waals surface area contributed by atoms with E-state index in [0.29, 0.717) is 0 Å². The predicted octanol–water partition coefficient (Wildman–Crippen LogP) is 2.13. The van der Waals surface area contributed by atoms with E-state index in [1.807, 2.05) is 0 Å². The van der Waals surface area contributed by atoms with Crippen LogP contribution in [0.2, 0.25) is 0 Å². The van der Waals surface area contributed by atoms with Crippen molar-refractivity contribution in [3.8, 4) is 0 Å². The normalized spacial score (nSPS) is 10.6. The molecule has 1 amide bonds. The Morgan fingerprint density at radius 2 is 2.05 bits per heavy atom. The highest BCUT2D eigenvalue weighted by molar-refractivity contribution is 6.00. The van der Waals surface area contributed by atoms with Gasteiger partial charge in [0.2, 0.25) is 5.91 Å². The van der Waals surface area contributed by atoms with E-state index < -0.39 is 36.3 Å². The summed E-state index contributed by atoms with van der Waals surface area (Å²) < 4.78 is 40.9. The summed E-state index contributed by atoms with van der Waals surface area (Å²) in [6.45, 7) is -0.996. The molecule has 5 nitrogen and oxygen atoms in total. The fraction of sp³-hybridized carbons (Fsp3) is 0.333. The van der Waals surface area contributed by atoms with Gasteiger partial charge in [-0.05, 0) is 18.2 Å². The summed E-state index contributed by atoms with van der Waals surface area (Å²) in [6, 6.07) is 2.87. The fourth-order valence-electron chi connectivity index (χ4n) is 1.35. The Morgan fingerprint density at radius 3 is 2.65 bits per heavy atom. The summed E-state index contributed by atoms with van der Waals surface area (Å²) >= 11 is 0. The molecule has 0 fully saturated rings. The number of aromatic carboxylic acids is 1. The number of ether oxygens (including phenoxy) is 1. The Labute approximate surface area is 112 Å². The van der Waals surface area contributed by atoms with Crippen LogP contribution in [0.5, 0.6) is 0 Å². The molecule has 0 heterocycles. The lowest BCUT2D eigenvalue weighted by atomic mass is 10.1. The van der Waals surface area contributed by atoms with Gasteiger partial charge in [-0.1, -0.05) is 0 Å². The number of carbonyl (C=O) groups is 2. The van der Waals surface area contributed by atoms with E-state index in [1.54, 1.807) is 0 Å². The highest BCUT2D eigenvalue weighted by Gasteiger charge is 2.13. The van der Waals surface area contributed by atoms with Crippen LogP contribution in [-0.4, -0.2) is 36.6 Å². The average molecular weight is 291 g/mol. The number of carbonyl (C=O) groups excluding carboxylic acids is 1. The molecule has 0 aliphatic carbocycles. The second-order valence-corrected chi connectivity index (χ2v) is 3.76. The minimum atomic E-state index is -2.62. The van der Waals surface area contributed by atoms with Crippen molar-refractivity contribution in [1.82, 2.24) is 0 Å². The standard InChI is InChI=1S/C12H12F3NO4/c13-7-1-2-9(8(5-7)12(18)19)16-11(17)3-4-20-6-10(14)15/h1-2,5,10H,3-4,6H2,(H,16,17)(H,18,19). The monoisotopic (exact) mass is 291 g/mol. The molecule has 0 aliphatic rings. The summed E-state index contributed by atoms with van der Waals surface area (Å²) in [7, 11) is 0. The summed E-state index contributed by atoms with van der Waals surface area (Å²) in [4.78, 5) is 22.3. The van der Waals surface area contributed by atoms with Crippen molar-refractivity contribution < 1.29 is 32.6 Å². The van der Waals surface area contributed by atoms with E-state index in [2.05, 4.69) is 10.1 Å². The zero-order valence-electron chi connectivity index (χ0n) is 10.2. The van der Waals surface area contributed by atoms with Crippen molar-refractivity contribution in [2.45, 2.75) is 12.8 Å². The molecule has 0 saturated carbocycles. The molecular weight excluding hydrogens is 279 g/mol. The number of halogens is 3. The first-order chi connectivity index (χ1) is 9.40. The minimum Gasteiger partial charge on any atom is -0.478 e. The van der Waals surface area contributed by atoms with Crippen LogP contribution in [0.3, 0.4) is 0 Å². The van der Waals surface area contributed by atoms with Gasteiger partial charge in [0, 0.05) is 0 Å². The lowest BCUT2D eigenvalue weighted by molar-refractivity contribution is -0.117. The number of benzene rings is 1. The van der Waals surface area contributed by atoms with Gasteiger partial charge in [-0.2, -0.15) is 0 Å². The van der Waals surface area contributed by atoms with Crippen molar-refractivity contribution >= 4 is 17.6 Å². The number of hydrogen-bond donors (Lipinski definition) is 2. The van der Waals surface area contributed by atoms with Crippen LogP contribution in [0.15, 0.2) is 18.2 Å². The zero-order valence-corrected chi connectivity index (χ0v) is 10.2. The first-order valence-electron chi connectivity index (χ1n) is 5.58. The van der Waals surface area contributed by atoms with Gasteiger partial charge in [-0.15, -0.1) is 0 Å². The van der Waals surface area contributed by atoms with Gasteiger partial charge in [-0.3, -0.25) is 4.79 Å². The van der Waals surface area contributed by atoms with Crippen LogP contribution in [0.1, 0.15) is 16.8 Å². The first kappa shape index (κ1) is 16.0. The van der Waals surface area contributed by atoms with Gasteiger partial charge in [0.1, 0.15) is 12.4 Å². The van der Waals surface area contributed by atoms with Crippen LogP contribution in [0, 0.1) is 5.82 Å². The summed E-state index contributed by atoms with van der Waals surface area (Å²) in [5.74, 6) is -2.76. The number of alkyl halides is 2. The van der Waals surface area contributed by atoms with Gasteiger partial charge in [0.25, 0.3) is 6.43 Å². The Morgan fingerprint density at radius 1 is 1.35 bits per heavy atom. The summed E-state index contributed by atoms with van der Waals surface area (Å²) in [5.41, 5.74) is -0.468. The third-order valence-electron chi connectivity index (χ3n) is 2.20. The van der Waals surface area contributed by atoms with Gasteiger partial charge in [-0.25, -0.2) is 18.0 Å². The van der Waals surface area contributed by atoms with Crippen molar-refractivity contribution in [2.75, 3.05) is 18.5 Å². The molecule has 0 bridgehead atoms. The number of rotatable bonds is 7. The van der Waals surface area contributed by atoms with E-state index in [0.717, 1.165) is 18.2 Å². The van der Waals surface area contributed by atoms with Gasteiger partial charge in [0.05, 0.1) is 24.3 Å². The summed E-state index contributed by atoms with van der Waals surface area (Å²) in [5, 5.41) is 11.1. The molecule has 8 heteroatoms. The number of hydrogen-bond acceptors (Lipinski definition) is 3. The zero-order chi connectivity index (χ0) is 15.1. The molecule has 0 spiro atoms. The predicted molar refractivity (Wildman–Crippen MR) is 63.4 cm³/mol. The number of nitrogens with one attached hydrogen (secondary N) is 1. The molecule has 0 radical (unpaired) electrons. The third-order valence-corrected chi connectivity index (χ3v) is 2.20. The maximum absolute atomic E-state index is 12.9. The highest BCUT2D eigenvalue weighted by atomic mass is 19.3. The molecule has 20 heavy (non-hydrogen) atoms. The number of carboxylic acid groups (broad SMARTS) is 1. The molecule has 1 rings (SSSR count). The molecule has 110 valence electrons. The minimum absolute atomic E-state index is 0.0715. The smallest absolute Gasteiger partial charge is 0.337 e. The Balaban J connectivity index is 2.55. The number of anilines is 1. The Kier molecular flexibility index (Phi) is 5.98. The lowest BCUT2D eigenvalue weighted by Gasteiger charge is -2.09. The fourth-order valence-corrected chi connectivity index (χ4v) is 1.35. The average Bonchev–Trinajstić information content (AvgIpc) is 2.36. The second kappa shape index (κ2) is 7.49. The maximum atomic E-state index is 12.9. The van der Waals surface area contributed by atoms with E-state index in [4.69, 9.17) is 5.11 Å². The molecule has 0 atom stereocenters. The van der Waals surface area contributed by atoms with E-state index in [9.17, 15) is 22.8 Å². The van der Waals surface area contributed by atoms with Crippen LogP contribution >= 0.6 is 0 Å². The van der Waals surface area contributed by atoms with E-state index in [-0.39, 0.29) is 18.7 Å². The largest absolute Gasteiger partial charge is 0.478 e. The molecule has 0 aliphatic heterocycles. The van der Waals surface area contributed by atoms with E-state index in [1.165, 1.54) is 0 Å². The molecule has 0 unspecified atom stereocenters. The van der Waals surface area contributed by atoms with Crippen LogP contribution in [-0.2, 0) is 9.53 Å². The maximum Gasteiger partial charge on any atom is 0.337 e. The van der Waals surface area contributed by atoms with Gasteiger partial charge < -0.3 is 15.2 Å². The lowest BCUT2D eigenvalue weighted by Crippen LogP contribution is -2.17. The molecular formula is C12H12F3NO4. The highest BCUT2D eigenvalue weighted by Crippen LogP contribution is 2.17. The second-order valence-electron chi connectivity index (χ2n) is 3.76. The Hall–Kier alpha value is -2.09. The topological polar surface area (TPSA) is 75.6 Å².